The smallest absolute Gasteiger partial charge is 0.181 e. The van der Waals surface area contributed by atoms with Crippen LogP contribution in [0, 0.1) is 0 Å². The standard InChI is InChI=1S/C14H19NO2/c16-12-4-9-15(10-5-12)11-13-3-8-14(17-13)6-1-2-7-14/h4-5,9-10,13H,1-3,6-8,11H2. The van der Waals surface area contributed by atoms with Crippen LogP contribution in [0.4, 0.5) is 0 Å². The average Bonchev–Trinajstić information content (AvgIpc) is 2.94. The minimum Gasteiger partial charge on any atom is -0.370 e. The van der Waals surface area contributed by atoms with Crippen molar-refractivity contribution >= 4 is 0 Å². The third-order valence-corrected chi connectivity index (χ3v) is 4.13. The van der Waals surface area contributed by atoms with Crippen LogP contribution >= 0.6 is 0 Å². The molecule has 1 saturated carbocycles. The highest BCUT2D eigenvalue weighted by Gasteiger charge is 2.41. The van der Waals surface area contributed by atoms with Gasteiger partial charge in [0.05, 0.1) is 11.7 Å². The second kappa shape index (κ2) is 4.30. The first kappa shape index (κ1) is 11.0. The minimum atomic E-state index is 0.0702. The molecule has 1 aliphatic carbocycles. The summed E-state index contributed by atoms with van der Waals surface area (Å²) < 4.78 is 8.30. The summed E-state index contributed by atoms with van der Waals surface area (Å²) in [4.78, 5) is 11.0. The number of nitrogens with zero attached hydrogens (tertiary/aromatic N) is 1. The molecule has 92 valence electrons. The fourth-order valence-corrected chi connectivity index (χ4v) is 3.21. The van der Waals surface area contributed by atoms with Crippen LogP contribution < -0.4 is 5.43 Å². The highest BCUT2D eigenvalue weighted by Crippen LogP contribution is 2.43. The van der Waals surface area contributed by atoms with Crippen LogP contribution in [0.15, 0.2) is 29.3 Å². The highest BCUT2D eigenvalue weighted by atomic mass is 16.5. The lowest BCUT2D eigenvalue weighted by Crippen LogP contribution is -2.26. The van der Waals surface area contributed by atoms with Crippen molar-refractivity contribution in [2.45, 2.75) is 56.8 Å². The van der Waals surface area contributed by atoms with E-state index in [4.69, 9.17) is 4.74 Å². The molecule has 2 fully saturated rings. The summed E-state index contributed by atoms with van der Waals surface area (Å²) in [6.07, 6.45) is 11.5. The van der Waals surface area contributed by atoms with Gasteiger partial charge in [-0.25, -0.2) is 0 Å². The zero-order valence-corrected chi connectivity index (χ0v) is 10.1. The number of aromatic nitrogens is 1. The maximum atomic E-state index is 11.0. The van der Waals surface area contributed by atoms with Crippen molar-refractivity contribution in [3.63, 3.8) is 0 Å². The first-order valence-corrected chi connectivity index (χ1v) is 6.60. The molecule has 3 heteroatoms. The van der Waals surface area contributed by atoms with E-state index in [1.165, 1.54) is 32.1 Å². The largest absolute Gasteiger partial charge is 0.370 e. The van der Waals surface area contributed by atoms with Crippen molar-refractivity contribution in [1.29, 1.82) is 0 Å². The molecule has 0 aromatic carbocycles. The predicted octanol–water partition coefficient (Wildman–Crippen LogP) is 2.34. The summed E-state index contributed by atoms with van der Waals surface area (Å²) in [6.45, 7) is 0.877. The van der Waals surface area contributed by atoms with Crippen LogP contribution in [-0.4, -0.2) is 16.3 Å². The Labute approximate surface area is 101 Å². The Kier molecular flexibility index (Phi) is 2.79. The third-order valence-electron chi connectivity index (χ3n) is 4.13. The molecule has 1 spiro atoms. The summed E-state index contributed by atoms with van der Waals surface area (Å²) in [7, 11) is 0. The van der Waals surface area contributed by atoms with Gasteiger partial charge < -0.3 is 9.30 Å². The van der Waals surface area contributed by atoms with Crippen molar-refractivity contribution in [2.75, 3.05) is 0 Å². The first-order chi connectivity index (χ1) is 8.26. The van der Waals surface area contributed by atoms with Gasteiger partial charge in [0, 0.05) is 31.1 Å². The molecule has 1 atom stereocenters. The van der Waals surface area contributed by atoms with Crippen LogP contribution in [0.5, 0.6) is 0 Å². The van der Waals surface area contributed by atoms with Crippen LogP contribution in [0.2, 0.25) is 0 Å². The Balaban J connectivity index is 1.63. The van der Waals surface area contributed by atoms with E-state index in [9.17, 15) is 4.79 Å². The van der Waals surface area contributed by atoms with E-state index in [1.807, 2.05) is 12.4 Å². The molecule has 0 bridgehead atoms. The zero-order chi connectivity index (χ0) is 11.7. The average molecular weight is 233 g/mol. The molecule has 3 rings (SSSR count). The van der Waals surface area contributed by atoms with E-state index in [2.05, 4.69) is 4.57 Å². The van der Waals surface area contributed by atoms with Crippen molar-refractivity contribution in [3.05, 3.63) is 34.7 Å². The van der Waals surface area contributed by atoms with Gasteiger partial charge in [-0.05, 0) is 25.7 Å². The fraction of sp³-hybridized carbons (Fsp3) is 0.643. The van der Waals surface area contributed by atoms with Gasteiger partial charge in [0.1, 0.15) is 0 Å². The maximum Gasteiger partial charge on any atom is 0.181 e. The molecule has 0 radical (unpaired) electrons. The molecule has 1 saturated heterocycles. The molecule has 3 nitrogen and oxygen atoms in total. The molecule has 0 N–H and O–H groups in total. The highest BCUT2D eigenvalue weighted by molar-refractivity contribution is 4.96. The Bertz CT molecular complexity index is 425. The lowest BCUT2D eigenvalue weighted by Gasteiger charge is -2.24. The molecular formula is C14H19NO2. The lowest BCUT2D eigenvalue weighted by atomic mass is 9.98. The molecular weight excluding hydrogens is 214 g/mol. The van der Waals surface area contributed by atoms with Crippen molar-refractivity contribution in [3.8, 4) is 0 Å². The SMILES string of the molecule is O=c1ccn(CC2CCC3(CCCC3)O2)cc1. The molecule has 1 aliphatic heterocycles. The van der Waals surface area contributed by atoms with Gasteiger partial charge in [0.2, 0.25) is 0 Å². The van der Waals surface area contributed by atoms with Gasteiger partial charge in [-0.15, -0.1) is 0 Å². The fourth-order valence-electron chi connectivity index (χ4n) is 3.21. The van der Waals surface area contributed by atoms with Gasteiger partial charge in [-0.2, -0.15) is 0 Å². The van der Waals surface area contributed by atoms with Gasteiger partial charge in [0.15, 0.2) is 5.43 Å². The first-order valence-electron chi connectivity index (χ1n) is 6.60. The maximum absolute atomic E-state index is 11.0. The second-order valence-electron chi connectivity index (χ2n) is 5.40. The monoisotopic (exact) mass is 233 g/mol. The van der Waals surface area contributed by atoms with E-state index < -0.39 is 0 Å². The topological polar surface area (TPSA) is 31.2 Å². The quantitative estimate of drug-likeness (QED) is 0.785. The Morgan fingerprint density at radius 2 is 1.94 bits per heavy atom. The number of ether oxygens (including phenoxy) is 1. The van der Waals surface area contributed by atoms with Gasteiger partial charge in [0.25, 0.3) is 0 Å². The van der Waals surface area contributed by atoms with E-state index in [0.29, 0.717) is 6.10 Å². The van der Waals surface area contributed by atoms with Crippen molar-refractivity contribution in [1.82, 2.24) is 4.57 Å². The molecule has 0 amide bonds. The van der Waals surface area contributed by atoms with Crippen molar-refractivity contribution in [2.24, 2.45) is 0 Å². The van der Waals surface area contributed by atoms with Crippen LogP contribution in [0.25, 0.3) is 0 Å². The number of rotatable bonds is 2. The lowest BCUT2D eigenvalue weighted by molar-refractivity contribution is -0.0418. The van der Waals surface area contributed by atoms with E-state index in [-0.39, 0.29) is 11.0 Å². The molecule has 1 aromatic rings. The van der Waals surface area contributed by atoms with Crippen LogP contribution in [0.3, 0.4) is 0 Å². The second-order valence-corrected chi connectivity index (χ2v) is 5.40. The number of hydrogen-bond donors (Lipinski definition) is 0. The van der Waals surface area contributed by atoms with Crippen LogP contribution in [-0.2, 0) is 11.3 Å². The molecule has 1 aromatic heterocycles. The summed E-state index contributed by atoms with van der Waals surface area (Å²) in [6, 6.07) is 3.22. The zero-order valence-electron chi connectivity index (χ0n) is 10.1. The van der Waals surface area contributed by atoms with E-state index in [1.54, 1.807) is 12.1 Å². The van der Waals surface area contributed by atoms with Crippen LogP contribution in [0.1, 0.15) is 38.5 Å². The van der Waals surface area contributed by atoms with E-state index in [0.717, 1.165) is 13.0 Å². The Morgan fingerprint density at radius 1 is 1.24 bits per heavy atom. The van der Waals surface area contributed by atoms with Crippen molar-refractivity contribution < 1.29 is 4.74 Å². The minimum absolute atomic E-state index is 0.0702. The Hall–Kier alpha value is -1.09. The number of hydrogen-bond acceptors (Lipinski definition) is 2. The number of pyridine rings is 1. The molecule has 1 unspecified atom stereocenters. The summed E-state index contributed by atoms with van der Waals surface area (Å²) in [5.74, 6) is 0. The summed E-state index contributed by atoms with van der Waals surface area (Å²) in [5.41, 5.74) is 0.282. The molecule has 17 heavy (non-hydrogen) atoms. The van der Waals surface area contributed by atoms with E-state index >= 15 is 0 Å². The Morgan fingerprint density at radius 3 is 2.65 bits per heavy atom. The molecule has 2 aliphatic rings. The normalized spacial score (nSPS) is 26.7. The predicted molar refractivity (Wildman–Crippen MR) is 66.0 cm³/mol. The van der Waals surface area contributed by atoms with Gasteiger partial charge >= 0.3 is 0 Å². The summed E-state index contributed by atoms with van der Waals surface area (Å²) >= 11 is 0. The molecule has 2 heterocycles. The van der Waals surface area contributed by atoms with Gasteiger partial charge in [-0.1, -0.05) is 12.8 Å². The van der Waals surface area contributed by atoms with Gasteiger partial charge in [-0.3, -0.25) is 4.79 Å². The summed E-state index contributed by atoms with van der Waals surface area (Å²) in [5, 5.41) is 0. The third kappa shape index (κ3) is 2.29.